The van der Waals surface area contributed by atoms with Gasteiger partial charge in [0, 0.05) is 18.8 Å². The van der Waals surface area contributed by atoms with Gasteiger partial charge in [-0.3, -0.25) is 9.48 Å². The standard InChI is InChI=1S/C20H25N3O3/c1-3-10-23-18(8-9-22-23)17-7-5-4-6-15(17)14-26-19-12-21-20(25-2)11-16(19)13-24/h8-9,11-13H,3-7,10,14H2,1-2H3. The number of pyridine rings is 1. The summed E-state index contributed by atoms with van der Waals surface area (Å²) in [5.41, 5.74) is 4.25. The van der Waals surface area contributed by atoms with Crippen molar-refractivity contribution >= 4 is 11.9 Å². The summed E-state index contributed by atoms with van der Waals surface area (Å²) in [6.07, 6.45) is 9.61. The van der Waals surface area contributed by atoms with Crippen LogP contribution in [0.15, 0.2) is 30.1 Å². The first kappa shape index (κ1) is 18.2. The summed E-state index contributed by atoms with van der Waals surface area (Å²) in [6.45, 7) is 3.53. The van der Waals surface area contributed by atoms with Crippen molar-refractivity contribution in [1.82, 2.24) is 14.8 Å². The van der Waals surface area contributed by atoms with Gasteiger partial charge in [-0.1, -0.05) is 6.92 Å². The lowest BCUT2D eigenvalue weighted by Gasteiger charge is -2.22. The monoisotopic (exact) mass is 355 g/mol. The molecule has 1 aliphatic carbocycles. The van der Waals surface area contributed by atoms with E-state index < -0.39 is 0 Å². The fourth-order valence-corrected chi connectivity index (χ4v) is 3.34. The topological polar surface area (TPSA) is 66.2 Å². The van der Waals surface area contributed by atoms with Gasteiger partial charge in [-0.2, -0.15) is 5.10 Å². The minimum atomic E-state index is 0.403. The van der Waals surface area contributed by atoms with Crippen LogP contribution in [-0.4, -0.2) is 34.8 Å². The largest absolute Gasteiger partial charge is 0.487 e. The van der Waals surface area contributed by atoms with Crippen LogP contribution in [0, 0.1) is 0 Å². The van der Waals surface area contributed by atoms with Crippen molar-refractivity contribution in [2.24, 2.45) is 0 Å². The average molecular weight is 355 g/mol. The number of nitrogens with zero attached hydrogens (tertiary/aromatic N) is 3. The molecule has 0 atom stereocenters. The van der Waals surface area contributed by atoms with Crippen molar-refractivity contribution in [1.29, 1.82) is 0 Å². The van der Waals surface area contributed by atoms with Gasteiger partial charge in [-0.25, -0.2) is 4.98 Å². The molecule has 0 N–H and O–H groups in total. The van der Waals surface area contributed by atoms with E-state index >= 15 is 0 Å². The number of carbonyl (C=O) groups is 1. The fourth-order valence-electron chi connectivity index (χ4n) is 3.34. The molecule has 0 unspecified atom stereocenters. The van der Waals surface area contributed by atoms with Crippen LogP contribution in [0.3, 0.4) is 0 Å². The van der Waals surface area contributed by atoms with E-state index in [0.717, 1.165) is 38.5 Å². The lowest BCUT2D eigenvalue weighted by Crippen LogP contribution is -2.12. The van der Waals surface area contributed by atoms with Crippen LogP contribution in [0.4, 0.5) is 0 Å². The molecule has 0 radical (unpaired) electrons. The SMILES string of the molecule is CCCn1nccc1C1=C(COc2cnc(OC)cc2C=O)CCCC1. The van der Waals surface area contributed by atoms with Crippen LogP contribution in [0.25, 0.3) is 5.57 Å². The molecular formula is C20H25N3O3. The van der Waals surface area contributed by atoms with Crippen molar-refractivity contribution in [3.63, 3.8) is 0 Å². The smallest absolute Gasteiger partial charge is 0.213 e. The van der Waals surface area contributed by atoms with Crippen LogP contribution in [0.1, 0.15) is 55.1 Å². The van der Waals surface area contributed by atoms with Gasteiger partial charge in [0.05, 0.1) is 24.6 Å². The number of ether oxygens (including phenoxy) is 2. The Kier molecular flexibility index (Phi) is 6.04. The van der Waals surface area contributed by atoms with Crippen molar-refractivity contribution in [3.05, 3.63) is 41.4 Å². The summed E-state index contributed by atoms with van der Waals surface area (Å²) < 4.78 is 13.1. The Hall–Kier alpha value is -2.63. The van der Waals surface area contributed by atoms with Gasteiger partial charge in [0.1, 0.15) is 12.4 Å². The number of aldehydes is 1. The minimum absolute atomic E-state index is 0.403. The third kappa shape index (κ3) is 3.95. The number of allylic oxidation sites excluding steroid dienone is 1. The van der Waals surface area contributed by atoms with Gasteiger partial charge in [0.25, 0.3) is 0 Å². The minimum Gasteiger partial charge on any atom is -0.487 e. The van der Waals surface area contributed by atoms with Crippen LogP contribution in [-0.2, 0) is 6.54 Å². The number of hydrogen-bond acceptors (Lipinski definition) is 5. The summed E-state index contributed by atoms with van der Waals surface area (Å²) >= 11 is 0. The Morgan fingerprint density at radius 3 is 2.92 bits per heavy atom. The molecule has 0 bridgehead atoms. The van der Waals surface area contributed by atoms with Gasteiger partial charge in [-0.05, 0) is 49.3 Å². The first-order valence-electron chi connectivity index (χ1n) is 9.12. The zero-order valence-corrected chi connectivity index (χ0v) is 15.4. The van der Waals surface area contributed by atoms with E-state index in [1.165, 1.54) is 30.4 Å². The lowest BCUT2D eigenvalue weighted by atomic mass is 9.90. The van der Waals surface area contributed by atoms with E-state index in [-0.39, 0.29) is 0 Å². The van der Waals surface area contributed by atoms with E-state index in [0.29, 0.717) is 23.8 Å². The van der Waals surface area contributed by atoms with E-state index in [1.54, 1.807) is 12.3 Å². The third-order valence-electron chi connectivity index (χ3n) is 4.65. The van der Waals surface area contributed by atoms with E-state index in [4.69, 9.17) is 9.47 Å². The summed E-state index contributed by atoms with van der Waals surface area (Å²) in [5, 5.41) is 4.45. The lowest BCUT2D eigenvalue weighted by molar-refractivity contribution is 0.111. The molecule has 0 spiro atoms. The average Bonchev–Trinajstić information content (AvgIpc) is 3.15. The second-order valence-corrected chi connectivity index (χ2v) is 6.40. The maximum Gasteiger partial charge on any atom is 0.213 e. The molecule has 6 nitrogen and oxygen atoms in total. The molecule has 3 rings (SSSR count). The Labute approximate surface area is 153 Å². The Bertz CT molecular complexity index is 795. The highest BCUT2D eigenvalue weighted by Gasteiger charge is 2.18. The molecule has 0 saturated carbocycles. The van der Waals surface area contributed by atoms with E-state index in [1.807, 2.05) is 6.20 Å². The number of methoxy groups -OCH3 is 1. The number of aryl methyl sites for hydroxylation is 1. The van der Waals surface area contributed by atoms with Crippen molar-refractivity contribution < 1.29 is 14.3 Å². The number of aromatic nitrogens is 3. The zero-order valence-electron chi connectivity index (χ0n) is 15.4. The highest BCUT2D eigenvalue weighted by Crippen LogP contribution is 2.33. The molecule has 26 heavy (non-hydrogen) atoms. The third-order valence-corrected chi connectivity index (χ3v) is 4.65. The number of hydrogen-bond donors (Lipinski definition) is 0. The molecule has 0 aliphatic heterocycles. The van der Waals surface area contributed by atoms with Gasteiger partial charge in [0.2, 0.25) is 5.88 Å². The second kappa shape index (κ2) is 8.65. The molecule has 2 heterocycles. The highest BCUT2D eigenvalue weighted by molar-refractivity contribution is 5.79. The molecule has 6 heteroatoms. The van der Waals surface area contributed by atoms with Gasteiger partial charge in [-0.15, -0.1) is 0 Å². The normalized spacial score (nSPS) is 14.4. The maximum absolute atomic E-state index is 11.3. The molecule has 0 amide bonds. The van der Waals surface area contributed by atoms with E-state index in [2.05, 4.69) is 27.8 Å². The molecule has 0 aromatic carbocycles. The number of carbonyl (C=O) groups excluding carboxylic acids is 1. The summed E-state index contributed by atoms with van der Waals surface area (Å²) in [4.78, 5) is 15.5. The molecule has 2 aromatic rings. The van der Waals surface area contributed by atoms with Gasteiger partial charge >= 0.3 is 0 Å². The first-order valence-corrected chi connectivity index (χ1v) is 9.12. The highest BCUT2D eigenvalue weighted by atomic mass is 16.5. The van der Waals surface area contributed by atoms with Gasteiger partial charge < -0.3 is 9.47 Å². The van der Waals surface area contributed by atoms with Crippen LogP contribution >= 0.6 is 0 Å². The summed E-state index contributed by atoms with van der Waals surface area (Å²) in [7, 11) is 1.52. The maximum atomic E-state index is 11.3. The molecule has 138 valence electrons. The van der Waals surface area contributed by atoms with Gasteiger partial charge in [0.15, 0.2) is 6.29 Å². The van der Waals surface area contributed by atoms with Crippen molar-refractivity contribution in [2.75, 3.05) is 13.7 Å². The zero-order chi connectivity index (χ0) is 18.4. The quantitative estimate of drug-likeness (QED) is 0.672. The molecule has 2 aromatic heterocycles. The van der Waals surface area contributed by atoms with Crippen LogP contribution in [0.5, 0.6) is 11.6 Å². The molecular weight excluding hydrogens is 330 g/mol. The summed E-state index contributed by atoms with van der Waals surface area (Å²) in [6, 6.07) is 3.68. The molecule has 0 fully saturated rings. The van der Waals surface area contributed by atoms with Crippen molar-refractivity contribution in [3.8, 4) is 11.6 Å². The van der Waals surface area contributed by atoms with Crippen LogP contribution in [0.2, 0.25) is 0 Å². The fraction of sp³-hybridized carbons (Fsp3) is 0.450. The Morgan fingerprint density at radius 1 is 1.31 bits per heavy atom. The predicted molar refractivity (Wildman–Crippen MR) is 99.6 cm³/mol. The second-order valence-electron chi connectivity index (χ2n) is 6.40. The Morgan fingerprint density at radius 2 is 2.15 bits per heavy atom. The number of rotatable bonds is 8. The summed E-state index contributed by atoms with van der Waals surface area (Å²) in [5.74, 6) is 0.890. The molecule has 0 saturated heterocycles. The first-order chi connectivity index (χ1) is 12.8. The van der Waals surface area contributed by atoms with Crippen LogP contribution < -0.4 is 9.47 Å². The van der Waals surface area contributed by atoms with Crippen molar-refractivity contribution in [2.45, 2.75) is 45.6 Å². The predicted octanol–water partition coefficient (Wildman–Crippen LogP) is 3.92. The molecule has 1 aliphatic rings. The Balaban J connectivity index is 1.83. The van der Waals surface area contributed by atoms with E-state index in [9.17, 15) is 4.79 Å².